The van der Waals surface area contributed by atoms with Crippen molar-refractivity contribution >= 4 is 17.0 Å². The lowest BCUT2D eigenvalue weighted by molar-refractivity contribution is 0.135. The standard InChI is InChI=1S/C20H19N3O2/c21-11-10-17(12-16-13-22-19-9-5-4-8-18(16)19)23-20(24)25-14-15-6-2-1-3-7-15/h1-9,13,17,22H,10,12,14H2,(H,23,24)/t17-/m1/s1. The first-order valence-corrected chi connectivity index (χ1v) is 8.15. The van der Waals surface area contributed by atoms with Gasteiger partial charge in [0.1, 0.15) is 6.61 Å². The Kier molecular flexibility index (Phi) is 5.32. The van der Waals surface area contributed by atoms with Crippen LogP contribution in [0.3, 0.4) is 0 Å². The van der Waals surface area contributed by atoms with Crippen LogP contribution in [0.15, 0.2) is 60.8 Å². The van der Waals surface area contributed by atoms with Crippen LogP contribution in [0, 0.1) is 11.3 Å². The fourth-order valence-corrected chi connectivity index (χ4v) is 2.78. The van der Waals surface area contributed by atoms with E-state index in [4.69, 9.17) is 10.00 Å². The SMILES string of the molecule is N#CC[C@H](Cc1c[nH]c2ccccc12)NC(=O)OCc1ccccc1. The molecule has 0 saturated carbocycles. The third-order valence-corrected chi connectivity index (χ3v) is 4.01. The first-order chi connectivity index (χ1) is 12.3. The van der Waals surface area contributed by atoms with Crippen LogP contribution in [0.5, 0.6) is 0 Å². The number of aromatic amines is 1. The maximum absolute atomic E-state index is 12.0. The van der Waals surface area contributed by atoms with Crippen molar-refractivity contribution in [1.82, 2.24) is 10.3 Å². The van der Waals surface area contributed by atoms with Crippen LogP contribution in [0.25, 0.3) is 10.9 Å². The summed E-state index contributed by atoms with van der Waals surface area (Å²) in [6.45, 7) is 0.207. The zero-order valence-electron chi connectivity index (χ0n) is 13.7. The molecule has 0 bridgehead atoms. The average molecular weight is 333 g/mol. The first-order valence-electron chi connectivity index (χ1n) is 8.15. The van der Waals surface area contributed by atoms with Crippen LogP contribution in [0.2, 0.25) is 0 Å². The van der Waals surface area contributed by atoms with Gasteiger partial charge in [-0.25, -0.2) is 4.79 Å². The van der Waals surface area contributed by atoms with Crippen LogP contribution >= 0.6 is 0 Å². The summed E-state index contributed by atoms with van der Waals surface area (Å²) >= 11 is 0. The number of fused-ring (bicyclic) bond motifs is 1. The number of rotatable bonds is 6. The number of amides is 1. The van der Waals surface area contributed by atoms with E-state index in [2.05, 4.69) is 16.4 Å². The van der Waals surface area contributed by atoms with E-state index < -0.39 is 6.09 Å². The van der Waals surface area contributed by atoms with E-state index in [1.165, 1.54) is 0 Å². The quantitative estimate of drug-likeness (QED) is 0.717. The first kappa shape index (κ1) is 16.6. The number of nitrogens with one attached hydrogen (secondary N) is 2. The Hall–Kier alpha value is -3.26. The van der Waals surface area contributed by atoms with Gasteiger partial charge in [-0.15, -0.1) is 0 Å². The summed E-state index contributed by atoms with van der Waals surface area (Å²) in [6.07, 6.45) is 2.20. The molecule has 0 unspecified atom stereocenters. The molecule has 2 N–H and O–H groups in total. The molecule has 1 aromatic heterocycles. The summed E-state index contributed by atoms with van der Waals surface area (Å²) in [6, 6.07) is 19.3. The van der Waals surface area contributed by atoms with Crippen molar-refractivity contribution in [3.63, 3.8) is 0 Å². The number of nitriles is 1. The van der Waals surface area contributed by atoms with Gasteiger partial charge in [-0.3, -0.25) is 0 Å². The van der Waals surface area contributed by atoms with E-state index >= 15 is 0 Å². The van der Waals surface area contributed by atoms with Gasteiger partial charge in [-0.2, -0.15) is 5.26 Å². The predicted molar refractivity (Wildman–Crippen MR) is 95.8 cm³/mol. The fraction of sp³-hybridized carbons (Fsp3) is 0.200. The second-order valence-corrected chi connectivity index (χ2v) is 5.83. The monoisotopic (exact) mass is 333 g/mol. The van der Waals surface area contributed by atoms with Crippen molar-refractivity contribution in [3.8, 4) is 6.07 Å². The van der Waals surface area contributed by atoms with Gasteiger partial charge in [0.15, 0.2) is 0 Å². The van der Waals surface area contributed by atoms with E-state index in [0.29, 0.717) is 6.42 Å². The Labute approximate surface area is 146 Å². The predicted octanol–water partition coefficient (Wildman–Crippen LogP) is 3.92. The minimum Gasteiger partial charge on any atom is -0.445 e. The van der Waals surface area contributed by atoms with Crippen molar-refractivity contribution in [2.45, 2.75) is 25.5 Å². The van der Waals surface area contributed by atoms with Crippen LogP contribution in [0.4, 0.5) is 4.79 Å². The summed E-state index contributed by atoms with van der Waals surface area (Å²) in [5.74, 6) is 0. The number of para-hydroxylation sites is 1. The van der Waals surface area contributed by atoms with Crippen molar-refractivity contribution in [2.24, 2.45) is 0 Å². The molecule has 1 atom stereocenters. The molecule has 1 amide bonds. The Morgan fingerprint density at radius 1 is 1.16 bits per heavy atom. The molecule has 5 nitrogen and oxygen atoms in total. The Morgan fingerprint density at radius 2 is 1.92 bits per heavy atom. The Balaban J connectivity index is 1.61. The van der Waals surface area contributed by atoms with E-state index in [1.54, 1.807) is 0 Å². The van der Waals surface area contributed by atoms with Gasteiger partial charge in [0.05, 0.1) is 12.5 Å². The lowest BCUT2D eigenvalue weighted by atomic mass is 10.0. The number of H-pyrrole nitrogens is 1. The van der Waals surface area contributed by atoms with Crippen molar-refractivity contribution < 1.29 is 9.53 Å². The Morgan fingerprint density at radius 3 is 2.72 bits per heavy atom. The minimum absolute atomic E-state index is 0.207. The normalized spacial score (nSPS) is 11.6. The summed E-state index contributed by atoms with van der Waals surface area (Å²) in [4.78, 5) is 15.3. The van der Waals surface area contributed by atoms with Gasteiger partial charge >= 0.3 is 6.09 Å². The lowest BCUT2D eigenvalue weighted by Gasteiger charge is -2.15. The molecule has 1 heterocycles. The molecule has 0 aliphatic heterocycles. The van der Waals surface area contributed by atoms with Gasteiger partial charge < -0.3 is 15.0 Å². The zero-order chi connectivity index (χ0) is 17.5. The Bertz CT molecular complexity index is 881. The summed E-state index contributed by atoms with van der Waals surface area (Å²) in [7, 11) is 0. The molecule has 126 valence electrons. The summed E-state index contributed by atoms with van der Waals surface area (Å²) in [5.41, 5.74) is 3.03. The molecule has 3 rings (SSSR count). The number of hydrogen-bond donors (Lipinski definition) is 2. The van der Waals surface area contributed by atoms with E-state index in [1.807, 2.05) is 60.8 Å². The van der Waals surface area contributed by atoms with Crippen molar-refractivity contribution in [3.05, 3.63) is 71.9 Å². The maximum Gasteiger partial charge on any atom is 0.407 e. The molecule has 0 spiro atoms. The van der Waals surface area contributed by atoms with E-state index in [9.17, 15) is 4.79 Å². The number of benzene rings is 2. The molecule has 25 heavy (non-hydrogen) atoms. The van der Waals surface area contributed by atoms with Gasteiger partial charge in [0.25, 0.3) is 0 Å². The highest BCUT2D eigenvalue weighted by molar-refractivity contribution is 5.83. The highest BCUT2D eigenvalue weighted by atomic mass is 16.5. The number of hydrogen-bond acceptors (Lipinski definition) is 3. The molecule has 2 aromatic carbocycles. The van der Waals surface area contributed by atoms with Crippen LogP contribution in [-0.2, 0) is 17.8 Å². The molecule has 0 fully saturated rings. The topological polar surface area (TPSA) is 77.9 Å². The minimum atomic E-state index is -0.510. The molecule has 3 aromatic rings. The van der Waals surface area contributed by atoms with Crippen LogP contribution < -0.4 is 5.32 Å². The van der Waals surface area contributed by atoms with Crippen LogP contribution in [0.1, 0.15) is 17.5 Å². The molecule has 0 aliphatic rings. The number of carbonyl (C=O) groups excluding carboxylic acids is 1. The van der Waals surface area contributed by atoms with E-state index in [-0.39, 0.29) is 19.1 Å². The maximum atomic E-state index is 12.0. The molecule has 0 saturated heterocycles. The second kappa shape index (κ2) is 8.02. The number of alkyl carbamates (subject to hydrolysis) is 1. The zero-order valence-corrected chi connectivity index (χ0v) is 13.7. The third-order valence-electron chi connectivity index (χ3n) is 4.01. The van der Waals surface area contributed by atoms with Crippen molar-refractivity contribution in [1.29, 1.82) is 5.26 Å². The number of aromatic nitrogens is 1. The van der Waals surface area contributed by atoms with Gasteiger partial charge in [0.2, 0.25) is 0 Å². The van der Waals surface area contributed by atoms with Crippen LogP contribution in [-0.4, -0.2) is 17.1 Å². The van der Waals surface area contributed by atoms with Gasteiger partial charge in [-0.1, -0.05) is 48.5 Å². The number of nitrogens with zero attached hydrogens (tertiary/aromatic N) is 1. The molecule has 5 heteroatoms. The summed E-state index contributed by atoms with van der Waals surface area (Å²) < 4.78 is 5.24. The average Bonchev–Trinajstić information content (AvgIpc) is 3.04. The lowest BCUT2D eigenvalue weighted by Crippen LogP contribution is -2.36. The van der Waals surface area contributed by atoms with Gasteiger partial charge in [-0.05, 0) is 23.6 Å². The smallest absolute Gasteiger partial charge is 0.407 e. The third kappa shape index (κ3) is 4.39. The molecular formula is C20H19N3O2. The molecule has 0 aliphatic carbocycles. The highest BCUT2D eigenvalue weighted by Crippen LogP contribution is 2.19. The molecule has 0 radical (unpaired) electrons. The second-order valence-electron chi connectivity index (χ2n) is 5.83. The largest absolute Gasteiger partial charge is 0.445 e. The fourth-order valence-electron chi connectivity index (χ4n) is 2.78. The number of carbonyl (C=O) groups is 1. The van der Waals surface area contributed by atoms with Crippen molar-refractivity contribution in [2.75, 3.05) is 0 Å². The highest BCUT2D eigenvalue weighted by Gasteiger charge is 2.16. The van der Waals surface area contributed by atoms with Gasteiger partial charge in [0, 0.05) is 23.1 Å². The molecular weight excluding hydrogens is 314 g/mol. The summed E-state index contributed by atoms with van der Waals surface area (Å²) in [5, 5.41) is 12.9. The van der Waals surface area contributed by atoms with E-state index in [0.717, 1.165) is 22.0 Å². The number of ether oxygens (including phenoxy) is 1.